The topological polar surface area (TPSA) is 55.8 Å². The van der Waals surface area contributed by atoms with Crippen molar-refractivity contribution in [1.82, 2.24) is 0 Å². The van der Waals surface area contributed by atoms with Crippen LogP contribution in [0.25, 0.3) is 0 Å². The lowest BCUT2D eigenvalue weighted by Crippen LogP contribution is -2.22. The van der Waals surface area contributed by atoms with Crippen molar-refractivity contribution in [3.05, 3.63) is 59.2 Å². The molecule has 0 fully saturated rings. The summed E-state index contributed by atoms with van der Waals surface area (Å²) in [6.07, 6.45) is 0.838. The summed E-state index contributed by atoms with van der Waals surface area (Å²) in [4.78, 5) is 10.8. The number of ether oxygens (including phenoxy) is 2. The third-order valence-electron chi connectivity index (χ3n) is 3.49. The monoisotopic (exact) mass is 284 g/mol. The molecule has 0 bridgehead atoms. The third kappa shape index (κ3) is 2.99. The average molecular weight is 284 g/mol. The molecule has 0 radical (unpaired) electrons. The molecule has 108 valence electrons. The molecule has 4 heteroatoms. The summed E-state index contributed by atoms with van der Waals surface area (Å²) in [5, 5.41) is 8.84. The minimum absolute atomic E-state index is 0.000880. The summed E-state index contributed by atoms with van der Waals surface area (Å²) in [6.45, 7) is 2.51. The standard InChI is InChI=1S/C17H16O4/c1-11-2-7-16-13(8-11)9-15(21-16)10-20-14-5-3-12(4-6-14)17(18)19/h2-8,15H,9-10H2,1H3,(H,18,19). The van der Waals surface area contributed by atoms with E-state index in [9.17, 15) is 4.79 Å². The summed E-state index contributed by atoms with van der Waals surface area (Å²) in [5.41, 5.74) is 2.69. The van der Waals surface area contributed by atoms with Crippen LogP contribution in [0.1, 0.15) is 21.5 Å². The molecule has 0 saturated heterocycles. The molecule has 2 aromatic rings. The molecule has 1 N–H and O–H groups in total. The van der Waals surface area contributed by atoms with Crippen LogP contribution in [0, 0.1) is 6.92 Å². The zero-order chi connectivity index (χ0) is 14.8. The molecule has 3 rings (SSSR count). The Labute approximate surface area is 122 Å². The minimum Gasteiger partial charge on any atom is -0.490 e. The van der Waals surface area contributed by atoms with Crippen LogP contribution in [-0.2, 0) is 6.42 Å². The Morgan fingerprint density at radius 1 is 1.29 bits per heavy atom. The maximum absolute atomic E-state index is 10.8. The molecule has 0 saturated carbocycles. The SMILES string of the molecule is Cc1ccc2c(c1)CC(COc1ccc(C(=O)O)cc1)O2. The van der Waals surface area contributed by atoms with Crippen molar-refractivity contribution in [3.8, 4) is 11.5 Å². The molecule has 1 unspecified atom stereocenters. The van der Waals surface area contributed by atoms with Crippen LogP contribution in [0.5, 0.6) is 11.5 Å². The van der Waals surface area contributed by atoms with Gasteiger partial charge in [-0.05, 0) is 42.8 Å². The summed E-state index contributed by atoms with van der Waals surface area (Å²) >= 11 is 0. The van der Waals surface area contributed by atoms with Gasteiger partial charge in [-0.2, -0.15) is 0 Å². The normalized spacial score (nSPS) is 16.1. The van der Waals surface area contributed by atoms with E-state index in [4.69, 9.17) is 14.6 Å². The molecule has 21 heavy (non-hydrogen) atoms. The van der Waals surface area contributed by atoms with E-state index in [1.165, 1.54) is 23.3 Å². The van der Waals surface area contributed by atoms with E-state index in [0.29, 0.717) is 12.4 Å². The number of hydrogen-bond donors (Lipinski definition) is 1. The van der Waals surface area contributed by atoms with E-state index >= 15 is 0 Å². The Kier molecular flexibility index (Phi) is 3.52. The van der Waals surface area contributed by atoms with Crippen LogP contribution in [0.3, 0.4) is 0 Å². The van der Waals surface area contributed by atoms with Gasteiger partial charge in [-0.3, -0.25) is 0 Å². The summed E-state index contributed by atoms with van der Waals surface area (Å²) in [6, 6.07) is 12.6. The lowest BCUT2D eigenvalue weighted by atomic mass is 10.1. The smallest absolute Gasteiger partial charge is 0.335 e. The predicted octanol–water partition coefficient (Wildman–Crippen LogP) is 3.08. The molecule has 1 aliphatic heterocycles. The Hall–Kier alpha value is -2.49. The number of hydrogen-bond acceptors (Lipinski definition) is 3. The molecule has 0 aromatic heterocycles. The molecule has 2 aromatic carbocycles. The van der Waals surface area contributed by atoms with Crippen LogP contribution >= 0.6 is 0 Å². The van der Waals surface area contributed by atoms with Gasteiger partial charge < -0.3 is 14.6 Å². The zero-order valence-electron chi connectivity index (χ0n) is 11.7. The van der Waals surface area contributed by atoms with Gasteiger partial charge in [0.25, 0.3) is 0 Å². The lowest BCUT2D eigenvalue weighted by molar-refractivity contribution is 0.0696. The number of aryl methyl sites for hydroxylation is 1. The molecule has 0 aliphatic carbocycles. The average Bonchev–Trinajstić information content (AvgIpc) is 2.87. The van der Waals surface area contributed by atoms with E-state index in [2.05, 4.69) is 13.0 Å². The first-order valence-electron chi connectivity index (χ1n) is 6.84. The van der Waals surface area contributed by atoms with Gasteiger partial charge in [-0.15, -0.1) is 0 Å². The number of carbonyl (C=O) groups is 1. The molecule has 0 amide bonds. The van der Waals surface area contributed by atoms with Gasteiger partial charge in [0.15, 0.2) is 0 Å². The fourth-order valence-corrected chi connectivity index (χ4v) is 2.43. The number of carboxylic acid groups (broad SMARTS) is 1. The molecular formula is C17H16O4. The number of fused-ring (bicyclic) bond motifs is 1. The largest absolute Gasteiger partial charge is 0.490 e. The molecule has 4 nitrogen and oxygen atoms in total. The van der Waals surface area contributed by atoms with E-state index in [-0.39, 0.29) is 11.7 Å². The van der Waals surface area contributed by atoms with Gasteiger partial charge in [-0.25, -0.2) is 4.79 Å². The second-order valence-corrected chi connectivity index (χ2v) is 5.20. The van der Waals surface area contributed by atoms with Gasteiger partial charge >= 0.3 is 5.97 Å². The molecular weight excluding hydrogens is 268 g/mol. The van der Waals surface area contributed by atoms with Gasteiger partial charge in [0.2, 0.25) is 0 Å². The fourth-order valence-electron chi connectivity index (χ4n) is 2.43. The van der Waals surface area contributed by atoms with E-state index in [1.807, 2.05) is 12.1 Å². The van der Waals surface area contributed by atoms with Gasteiger partial charge in [0.1, 0.15) is 24.2 Å². The van der Waals surface area contributed by atoms with Crippen LogP contribution in [0.2, 0.25) is 0 Å². The summed E-state index contributed by atoms with van der Waals surface area (Å²) in [5.74, 6) is 0.637. The second kappa shape index (κ2) is 5.48. The van der Waals surface area contributed by atoms with Crippen molar-refractivity contribution >= 4 is 5.97 Å². The van der Waals surface area contributed by atoms with Gasteiger partial charge in [0, 0.05) is 6.42 Å². The lowest BCUT2D eigenvalue weighted by Gasteiger charge is -2.12. The highest BCUT2D eigenvalue weighted by Crippen LogP contribution is 2.29. The Morgan fingerprint density at radius 3 is 2.76 bits per heavy atom. The summed E-state index contributed by atoms with van der Waals surface area (Å²) < 4.78 is 11.5. The number of rotatable bonds is 4. The fraction of sp³-hybridized carbons (Fsp3) is 0.235. The van der Waals surface area contributed by atoms with Crippen LogP contribution in [0.4, 0.5) is 0 Å². The van der Waals surface area contributed by atoms with Crippen molar-refractivity contribution in [1.29, 1.82) is 0 Å². The quantitative estimate of drug-likeness (QED) is 0.937. The second-order valence-electron chi connectivity index (χ2n) is 5.20. The van der Waals surface area contributed by atoms with Crippen LogP contribution in [-0.4, -0.2) is 23.8 Å². The minimum atomic E-state index is -0.938. The van der Waals surface area contributed by atoms with Crippen molar-refractivity contribution < 1.29 is 19.4 Å². The van der Waals surface area contributed by atoms with Crippen molar-refractivity contribution in [2.24, 2.45) is 0 Å². The first-order valence-corrected chi connectivity index (χ1v) is 6.84. The first-order chi connectivity index (χ1) is 10.1. The van der Waals surface area contributed by atoms with E-state index < -0.39 is 5.97 Å². The van der Waals surface area contributed by atoms with Crippen molar-refractivity contribution in [3.63, 3.8) is 0 Å². The number of carboxylic acids is 1. The van der Waals surface area contributed by atoms with Gasteiger partial charge in [-0.1, -0.05) is 17.7 Å². The van der Waals surface area contributed by atoms with Gasteiger partial charge in [0.05, 0.1) is 5.56 Å². The highest BCUT2D eigenvalue weighted by molar-refractivity contribution is 5.87. The van der Waals surface area contributed by atoms with Crippen molar-refractivity contribution in [2.75, 3.05) is 6.61 Å². The zero-order valence-corrected chi connectivity index (χ0v) is 11.7. The van der Waals surface area contributed by atoms with Crippen LogP contribution < -0.4 is 9.47 Å². The molecule has 1 aliphatic rings. The highest BCUT2D eigenvalue weighted by atomic mass is 16.5. The van der Waals surface area contributed by atoms with E-state index in [0.717, 1.165) is 12.2 Å². The Morgan fingerprint density at radius 2 is 2.05 bits per heavy atom. The maximum Gasteiger partial charge on any atom is 0.335 e. The molecule has 0 spiro atoms. The maximum atomic E-state index is 10.8. The van der Waals surface area contributed by atoms with Crippen LogP contribution in [0.15, 0.2) is 42.5 Å². The van der Waals surface area contributed by atoms with Crippen molar-refractivity contribution in [2.45, 2.75) is 19.4 Å². The highest BCUT2D eigenvalue weighted by Gasteiger charge is 2.23. The first kappa shape index (κ1) is 13.5. The number of aromatic carboxylic acids is 1. The van der Waals surface area contributed by atoms with E-state index in [1.54, 1.807) is 12.1 Å². The third-order valence-corrected chi connectivity index (χ3v) is 3.49. The summed E-state index contributed by atoms with van der Waals surface area (Å²) in [7, 11) is 0. The molecule has 1 heterocycles. The molecule has 1 atom stereocenters. The number of benzene rings is 2. The Bertz CT molecular complexity index is 661. The Balaban J connectivity index is 1.58. The predicted molar refractivity (Wildman–Crippen MR) is 78.2 cm³/mol.